The molecule has 2 fully saturated rings. The molecule has 4 rings (SSSR count). The molecule has 142 valence electrons. The van der Waals surface area contributed by atoms with Gasteiger partial charge < -0.3 is 4.90 Å². The molecule has 1 aromatic carbocycles. The van der Waals surface area contributed by atoms with Crippen LogP contribution in [0.4, 0.5) is 13.2 Å². The van der Waals surface area contributed by atoms with Crippen LogP contribution in [0, 0.1) is 5.92 Å². The van der Waals surface area contributed by atoms with E-state index in [1.54, 1.807) is 6.07 Å². The molecule has 8 heteroatoms. The van der Waals surface area contributed by atoms with E-state index in [-0.39, 0.29) is 17.0 Å². The number of carbonyl (C=O) groups excluding carboxylic acids is 1. The molecule has 2 aromatic rings. The lowest BCUT2D eigenvalue weighted by atomic mass is 9.97. The van der Waals surface area contributed by atoms with Gasteiger partial charge in [0.2, 0.25) is 0 Å². The number of halogens is 3. The highest BCUT2D eigenvalue weighted by Gasteiger charge is 2.38. The van der Waals surface area contributed by atoms with Crippen molar-refractivity contribution in [1.29, 1.82) is 0 Å². The summed E-state index contributed by atoms with van der Waals surface area (Å²) in [5, 5.41) is 4.38. The maximum absolute atomic E-state index is 13.1. The average molecular weight is 377 g/mol. The maximum Gasteiger partial charge on any atom is 0.417 e. The largest absolute Gasteiger partial charge is 0.417 e. The summed E-state index contributed by atoms with van der Waals surface area (Å²) < 4.78 is 40.7. The average Bonchev–Trinajstić information content (AvgIpc) is 3.43. The third kappa shape index (κ3) is 3.61. The first kappa shape index (κ1) is 17.8. The minimum absolute atomic E-state index is 0.00616. The van der Waals surface area contributed by atoms with E-state index in [9.17, 15) is 22.8 Å². The summed E-state index contributed by atoms with van der Waals surface area (Å²) >= 11 is 0. The van der Waals surface area contributed by atoms with Crippen molar-refractivity contribution >= 4 is 5.91 Å². The van der Waals surface area contributed by atoms with E-state index in [1.165, 1.54) is 33.8 Å². The summed E-state index contributed by atoms with van der Waals surface area (Å²) in [6, 6.07) is 8.06. The Morgan fingerprint density at radius 3 is 2.48 bits per heavy atom. The van der Waals surface area contributed by atoms with Crippen LogP contribution in [0.2, 0.25) is 0 Å². The van der Waals surface area contributed by atoms with Gasteiger partial charge >= 0.3 is 6.18 Å². The Hall–Kier alpha value is -2.64. The van der Waals surface area contributed by atoms with Gasteiger partial charge in [0.25, 0.3) is 11.5 Å². The SMILES string of the molecule is O=C(c1ccccc1C(F)(F)F)N1CC(Cn2nc(C3CC3)ccc2=O)C1. The van der Waals surface area contributed by atoms with Gasteiger partial charge in [0.05, 0.1) is 23.4 Å². The fourth-order valence-corrected chi connectivity index (χ4v) is 3.38. The first-order chi connectivity index (χ1) is 12.8. The number of likely N-dealkylation sites (tertiary alicyclic amines) is 1. The molecule has 0 bridgehead atoms. The minimum atomic E-state index is -4.57. The lowest BCUT2D eigenvalue weighted by molar-refractivity contribution is -0.138. The molecule has 1 saturated heterocycles. The Morgan fingerprint density at radius 2 is 1.81 bits per heavy atom. The molecule has 2 aliphatic rings. The fraction of sp³-hybridized carbons (Fsp3) is 0.421. The number of benzene rings is 1. The van der Waals surface area contributed by atoms with Crippen LogP contribution in [0.3, 0.4) is 0 Å². The second-order valence-corrected chi connectivity index (χ2v) is 7.17. The Kier molecular flexibility index (Phi) is 4.28. The van der Waals surface area contributed by atoms with E-state index in [4.69, 9.17) is 0 Å². The Balaban J connectivity index is 1.42. The van der Waals surface area contributed by atoms with E-state index < -0.39 is 17.6 Å². The number of alkyl halides is 3. The standard InChI is InChI=1S/C19H18F3N3O2/c20-19(21,22)15-4-2-1-3-14(15)18(27)24-9-12(10-24)11-25-17(26)8-7-16(23-25)13-5-6-13/h1-4,7-8,12-13H,5-6,9-11H2. The molecule has 0 unspecified atom stereocenters. The molecule has 1 aliphatic heterocycles. The predicted octanol–water partition coefficient (Wildman–Crippen LogP) is 2.91. The molecule has 0 radical (unpaired) electrons. The molecule has 1 aliphatic carbocycles. The summed E-state index contributed by atoms with van der Waals surface area (Å²) in [5.74, 6) is -0.201. The van der Waals surface area contributed by atoms with Crippen LogP contribution in [-0.2, 0) is 12.7 Å². The van der Waals surface area contributed by atoms with Crippen molar-refractivity contribution in [3.63, 3.8) is 0 Å². The molecule has 1 aromatic heterocycles. The van der Waals surface area contributed by atoms with Gasteiger partial charge in [0.15, 0.2) is 0 Å². The number of rotatable bonds is 4. The van der Waals surface area contributed by atoms with Crippen LogP contribution in [0.5, 0.6) is 0 Å². The number of carbonyl (C=O) groups is 1. The first-order valence-corrected chi connectivity index (χ1v) is 8.86. The van der Waals surface area contributed by atoms with Crippen molar-refractivity contribution in [2.45, 2.75) is 31.5 Å². The summed E-state index contributed by atoms with van der Waals surface area (Å²) in [4.78, 5) is 25.8. The summed E-state index contributed by atoms with van der Waals surface area (Å²) in [7, 11) is 0. The Bertz CT molecular complexity index is 928. The molecule has 1 amide bonds. The number of aromatic nitrogens is 2. The Morgan fingerprint density at radius 1 is 1.11 bits per heavy atom. The molecular weight excluding hydrogens is 359 g/mol. The van der Waals surface area contributed by atoms with Crippen LogP contribution in [0.25, 0.3) is 0 Å². The van der Waals surface area contributed by atoms with Gasteiger partial charge in [-0.25, -0.2) is 4.68 Å². The van der Waals surface area contributed by atoms with Gasteiger partial charge in [-0.05, 0) is 31.0 Å². The highest BCUT2D eigenvalue weighted by molar-refractivity contribution is 5.96. The molecular formula is C19H18F3N3O2. The minimum Gasteiger partial charge on any atom is -0.338 e. The highest BCUT2D eigenvalue weighted by atomic mass is 19.4. The number of amides is 1. The zero-order valence-corrected chi connectivity index (χ0v) is 14.4. The van der Waals surface area contributed by atoms with E-state index >= 15 is 0 Å². The van der Waals surface area contributed by atoms with E-state index in [2.05, 4.69) is 5.10 Å². The van der Waals surface area contributed by atoms with Crippen molar-refractivity contribution in [1.82, 2.24) is 14.7 Å². The smallest absolute Gasteiger partial charge is 0.338 e. The van der Waals surface area contributed by atoms with Crippen molar-refractivity contribution < 1.29 is 18.0 Å². The third-order valence-electron chi connectivity index (χ3n) is 5.02. The monoisotopic (exact) mass is 377 g/mol. The van der Waals surface area contributed by atoms with E-state index in [0.29, 0.717) is 25.6 Å². The van der Waals surface area contributed by atoms with E-state index in [1.807, 2.05) is 0 Å². The number of hydrogen-bond acceptors (Lipinski definition) is 3. The molecule has 5 nitrogen and oxygen atoms in total. The lowest BCUT2D eigenvalue weighted by Gasteiger charge is -2.39. The second kappa shape index (κ2) is 6.51. The van der Waals surface area contributed by atoms with Crippen molar-refractivity contribution in [3.8, 4) is 0 Å². The van der Waals surface area contributed by atoms with Crippen LogP contribution in [0.1, 0.15) is 40.4 Å². The molecule has 0 spiro atoms. The summed E-state index contributed by atoms with van der Waals surface area (Å²) in [6.07, 6.45) is -2.41. The van der Waals surface area contributed by atoms with Crippen LogP contribution in [-0.4, -0.2) is 33.7 Å². The zero-order valence-electron chi connectivity index (χ0n) is 14.4. The van der Waals surface area contributed by atoms with Crippen LogP contribution >= 0.6 is 0 Å². The van der Waals surface area contributed by atoms with Gasteiger partial charge in [-0.3, -0.25) is 9.59 Å². The molecule has 1 saturated carbocycles. The Labute approximate surface area is 153 Å². The summed E-state index contributed by atoms with van der Waals surface area (Å²) in [6.45, 7) is 0.990. The first-order valence-electron chi connectivity index (χ1n) is 8.86. The van der Waals surface area contributed by atoms with Crippen molar-refractivity contribution in [3.05, 3.63) is 63.6 Å². The third-order valence-corrected chi connectivity index (χ3v) is 5.02. The topological polar surface area (TPSA) is 55.2 Å². The normalized spacial score (nSPS) is 17.7. The number of nitrogens with zero attached hydrogens (tertiary/aromatic N) is 3. The number of hydrogen-bond donors (Lipinski definition) is 0. The van der Waals surface area contributed by atoms with Gasteiger partial charge in [-0.15, -0.1) is 0 Å². The van der Waals surface area contributed by atoms with Gasteiger partial charge in [-0.1, -0.05) is 12.1 Å². The highest BCUT2D eigenvalue weighted by Crippen LogP contribution is 2.38. The van der Waals surface area contributed by atoms with Gasteiger partial charge in [0, 0.05) is 31.0 Å². The maximum atomic E-state index is 13.1. The van der Waals surface area contributed by atoms with Crippen molar-refractivity contribution in [2.75, 3.05) is 13.1 Å². The lowest BCUT2D eigenvalue weighted by Crippen LogP contribution is -2.52. The summed E-state index contributed by atoms with van der Waals surface area (Å²) in [5.41, 5.74) is -0.560. The van der Waals surface area contributed by atoms with Crippen LogP contribution < -0.4 is 5.56 Å². The zero-order chi connectivity index (χ0) is 19.2. The predicted molar refractivity (Wildman–Crippen MR) is 91.3 cm³/mol. The van der Waals surface area contributed by atoms with Gasteiger partial charge in [-0.2, -0.15) is 18.3 Å². The quantitative estimate of drug-likeness (QED) is 0.823. The fourth-order valence-electron chi connectivity index (χ4n) is 3.38. The molecule has 0 atom stereocenters. The van der Waals surface area contributed by atoms with Crippen LogP contribution in [0.15, 0.2) is 41.2 Å². The van der Waals surface area contributed by atoms with Gasteiger partial charge in [0.1, 0.15) is 0 Å². The molecule has 27 heavy (non-hydrogen) atoms. The van der Waals surface area contributed by atoms with E-state index in [0.717, 1.165) is 24.6 Å². The van der Waals surface area contributed by atoms with Crippen molar-refractivity contribution in [2.24, 2.45) is 5.92 Å². The second-order valence-electron chi connectivity index (χ2n) is 7.17. The molecule has 0 N–H and O–H groups in total. The molecule has 2 heterocycles.